The molecule has 1 aromatic rings. The second kappa shape index (κ2) is 8.02. The van der Waals surface area contributed by atoms with Gasteiger partial charge in [-0.3, -0.25) is 0 Å². The number of carboxylic acids is 1. The zero-order valence-corrected chi connectivity index (χ0v) is 11.6. The third-order valence-corrected chi connectivity index (χ3v) is 3.42. The maximum Gasteiger partial charge on any atom is 0.328 e. The number of hydrogen-bond donors (Lipinski definition) is 1. The molecule has 18 heavy (non-hydrogen) atoms. The molecule has 0 radical (unpaired) electrons. The molecule has 0 aliphatic heterocycles. The number of aliphatic carboxylic acids is 1. The average molecular weight is 269 g/mol. The largest absolute Gasteiger partial charge is 0.478 e. The normalized spacial score (nSPS) is 11.5. The summed E-state index contributed by atoms with van der Waals surface area (Å²) in [5.74, 6) is -0.915. The number of thiophene rings is 1. The van der Waals surface area contributed by atoms with E-state index in [0.29, 0.717) is 0 Å². The molecular weight excluding hydrogens is 250 g/mol. The van der Waals surface area contributed by atoms with E-state index in [0.717, 1.165) is 37.1 Å². The van der Waals surface area contributed by atoms with Crippen molar-refractivity contribution in [3.8, 4) is 0 Å². The summed E-state index contributed by atoms with van der Waals surface area (Å²) in [4.78, 5) is 14.8. The summed E-state index contributed by atoms with van der Waals surface area (Å²) in [6, 6.07) is 3.99. The van der Waals surface area contributed by atoms with Gasteiger partial charge in [-0.15, -0.1) is 11.3 Å². The van der Waals surface area contributed by atoms with Gasteiger partial charge in [0.15, 0.2) is 0 Å². The molecule has 0 saturated carbocycles. The van der Waals surface area contributed by atoms with Crippen molar-refractivity contribution in [1.29, 1.82) is 0 Å². The van der Waals surface area contributed by atoms with Gasteiger partial charge in [-0.05, 0) is 31.7 Å². The fraction of sp³-hybridized carbons (Fsp3) is 0.462. The summed E-state index contributed by atoms with van der Waals surface area (Å²) in [5, 5.41) is 8.55. The molecule has 0 aromatic carbocycles. The van der Waals surface area contributed by atoms with Crippen LogP contribution in [0.3, 0.4) is 0 Å². The van der Waals surface area contributed by atoms with Crippen molar-refractivity contribution in [1.82, 2.24) is 4.90 Å². The first kappa shape index (κ1) is 14.9. The van der Waals surface area contributed by atoms with Crippen molar-refractivity contribution in [2.24, 2.45) is 0 Å². The molecule has 0 spiro atoms. The van der Waals surface area contributed by atoms with Crippen molar-refractivity contribution in [2.45, 2.75) is 13.0 Å². The van der Waals surface area contributed by atoms with E-state index >= 15 is 0 Å². The second-order valence-electron chi connectivity index (χ2n) is 4.06. The Morgan fingerprint density at radius 3 is 3.00 bits per heavy atom. The molecule has 0 unspecified atom stereocenters. The Balaban J connectivity index is 2.41. The van der Waals surface area contributed by atoms with Crippen LogP contribution < -0.4 is 0 Å². The Kier molecular flexibility index (Phi) is 6.64. The lowest BCUT2D eigenvalue weighted by Crippen LogP contribution is -2.19. The molecule has 0 fully saturated rings. The lowest BCUT2D eigenvalue weighted by atomic mass is 10.3. The number of nitrogens with zero attached hydrogens (tertiary/aromatic N) is 1. The van der Waals surface area contributed by atoms with Crippen LogP contribution in [0.2, 0.25) is 0 Å². The molecule has 1 heterocycles. The van der Waals surface area contributed by atoms with Crippen molar-refractivity contribution < 1.29 is 14.6 Å². The number of carbonyl (C=O) groups is 1. The summed E-state index contributed by atoms with van der Waals surface area (Å²) < 4.78 is 5.01. The van der Waals surface area contributed by atoms with Crippen LogP contribution in [0.4, 0.5) is 0 Å². The van der Waals surface area contributed by atoms with Crippen molar-refractivity contribution >= 4 is 23.4 Å². The standard InChI is InChI=1S/C13H19NO3S/c1-14(8-3-9-17-2)10-12-5-4-11(18-12)6-7-13(15)16/h4-7H,3,8-10H2,1-2H3,(H,15,16)/b7-6+. The molecule has 5 heteroatoms. The Hall–Kier alpha value is -1.17. The van der Waals surface area contributed by atoms with Gasteiger partial charge in [-0.25, -0.2) is 4.79 Å². The molecule has 0 amide bonds. The van der Waals surface area contributed by atoms with Crippen molar-refractivity contribution in [3.05, 3.63) is 28.0 Å². The summed E-state index contributed by atoms with van der Waals surface area (Å²) in [5.41, 5.74) is 0. The minimum atomic E-state index is -0.915. The zero-order valence-electron chi connectivity index (χ0n) is 10.8. The molecule has 0 bridgehead atoms. The number of hydrogen-bond acceptors (Lipinski definition) is 4. The SMILES string of the molecule is COCCCN(C)Cc1ccc(/C=C/C(=O)O)s1. The van der Waals surface area contributed by atoms with Crippen molar-refractivity contribution in [2.75, 3.05) is 27.3 Å². The van der Waals surface area contributed by atoms with Crippen LogP contribution in [0, 0.1) is 0 Å². The maximum absolute atomic E-state index is 10.4. The maximum atomic E-state index is 10.4. The van der Waals surface area contributed by atoms with Crippen LogP contribution in [0.1, 0.15) is 16.2 Å². The van der Waals surface area contributed by atoms with Gasteiger partial charge >= 0.3 is 5.97 Å². The van der Waals surface area contributed by atoms with Crippen LogP contribution in [0.25, 0.3) is 6.08 Å². The van der Waals surface area contributed by atoms with Crippen LogP contribution in [-0.2, 0) is 16.1 Å². The minimum absolute atomic E-state index is 0.779. The predicted molar refractivity (Wildman–Crippen MR) is 73.8 cm³/mol. The van der Waals surface area contributed by atoms with Gasteiger partial charge in [0.2, 0.25) is 0 Å². The topological polar surface area (TPSA) is 49.8 Å². The average Bonchev–Trinajstić information content (AvgIpc) is 2.74. The molecule has 1 N–H and O–H groups in total. The second-order valence-corrected chi connectivity index (χ2v) is 5.26. The minimum Gasteiger partial charge on any atom is -0.478 e. The number of methoxy groups -OCH3 is 1. The molecule has 0 aliphatic carbocycles. The van der Waals surface area contributed by atoms with Crippen LogP contribution >= 0.6 is 11.3 Å². The highest BCUT2D eigenvalue weighted by Crippen LogP contribution is 2.19. The summed E-state index contributed by atoms with van der Waals surface area (Å²) in [6.07, 6.45) is 3.81. The lowest BCUT2D eigenvalue weighted by molar-refractivity contribution is -0.131. The van der Waals surface area contributed by atoms with Crippen molar-refractivity contribution in [3.63, 3.8) is 0 Å². The highest BCUT2D eigenvalue weighted by atomic mass is 32.1. The van der Waals surface area contributed by atoms with Gasteiger partial charge in [0.1, 0.15) is 0 Å². The fourth-order valence-corrected chi connectivity index (χ4v) is 2.54. The molecule has 4 nitrogen and oxygen atoms in total. The molecular formula is C13H19NO3S. The fourth-order valence-electron chi connectivity index (χ4n) is 1.55. The number of ether oxygens (including phenoxy) is 1. The molecule has 0 atom stereocenters. The molecule has 1 aromatic heterocycles. The zero-order chi connectivity index (χ0) is 13.4. The van der Waals surface area contributed by atoms with Gasteiger partial charge in [-0.2, -0.15) is 0 Å². The Morgan fingerprint density at radius 2 is 2.33 bits per heavy atom. The highest BCUT2D eigenvalue weighted by Gasteiger charge is 2.03. The van der Waals surface area contributed by atoms with Gasteiger partial charge in [0.25, 0.3) is 0 Å². The lowest BCUT2D eigenvalue weighted by Gasteiger charge is -2.14. The van der Waals surface area contributed by atoms with Gasteiger partial charge in [-0.1, -0.05) is 0 Å². The van der Waals surface area contributed by atoms with E-state index in [1.54, 1.807) is 24.5 Å². The number of carboxylic acid groups (broad SMARTS) is 1. The Bertz CT molecular complexity index is 401. The van der Waals surface area contributed by atoms with Crippen LogP contribution in [0.15, 0.2) is 18.2 Å². The van der Waals surface area contributed by atoms with E-state index in [1.165, 1.54) is 4.88 Å². The third kappa shape index (κ3) is 5.95. The molecule has 100 valence electrons. The third-order valence-electron chi connectivity index (χ3n) is 2.39. The van der Waals surface area contributed by atoms with Gasteiger partial charge < -0.3 is 14.7 Å². The van der Waals surface area contributed by atoms with E-state index in [9.17, 15) is 4.79 Å². The highest BCUT2D eigenvalue weighted by molar-refractivity contribution is 7.12. The van der Waals surface area contributed by atoms with E-state index in [1.807, 2.05) is 12.1 Å². The van der Waals surface area contributed by atoms with Gasteiger partial charge in [0, 0.05) is 42.6 Å². The molecule has 0 saturated heterocycles. The first-order valence-corrected chi connectivity index (χ1v) is 6.60. The van der Waals surface area contributed by atoms with E-state index in [4.69, 9.17) is 9.84 Å². The van der Waals surface area contributed by atoms with Gasteiger partial charge in [0.05, 0.1) is 0 Å². The summed E-state index contributed by atoms with van der Waals surface area (Å²) in [7, 11) is 3.78. The predicted octanol–water partition coefficient (Wildman–Crippen LogP) is 2.31. The smallest absolute Gasteiger partial charge is 0.328 e. The van der Waals surface area contributed by atoms with E-state index in [-0.39, 0.29) is 0 Å². The van der Waals surface area contributed by atoms with Crippen LogP contribution in [-0.4, -0.2) is 43.3 Å². The van der Waals surface area contributed by atoms with Crippen LogP contribution in [0.5, 0.6) is 0 Å². The molecule has 0 aliphatic rings. The van der Waals surface area contributed by atoms with E-state index in [2.05, 4.69) is 11.9 Å². The summed E-state index contributed by atoms with van der Waals surface area (Å²) in [6.45, 7) is 2.66. The Labute approximate surface area is 111 Å². The van der Waals surface area contributed by atoms with E-state index < -0.39 is 5.97 Å². The number of rotatable bonds is 8. The Morgan fingerprint density at radius 1 is 1.56 bits per heavy atom. The monoisotopic (exact) mass is 269 g/mol. The summed E-state index contributed by atoms with van der Waals surface area (Å²) >= 11 is 1.62. The quantitative estimate of drug-likeness (QED) is 0.581. The first-order valence-electron chi connectivity index (χ1n) is 5.79. The molecule has 1 rings (SSSR count). The first-order chi connectivity index (χ1) is 8.61.